The Labute approximate surface area is 206 Å². The number of amidine groups is 1. The van der Waals surface area contributed by atoms with Crippen LogP contribution in [0.3, 0.4) is 0 Å². The molecule has 1 atom stereocenters. The SMILES string of the molecule is CCOC(=O)C1=C(C)NC(c2ccccc2)=NC1c1ccccc1OCc1ccc(C)cc1.Cl. The van der Waals surface area contributed by atoms with Gasteiger partial charge in [0.2, 0.25) is 0 Å². The number of ether oxygens (including phenoxy) is 2. The summed E-state index contributed by atoms with van der Waals surface area (Å²) in [6, 6.07) is 25.3. The first-order valence-electron chi connectivity index (χ1n) is 11.1. The zero-order chi connectivity index (χ0) is 23.2. The highest BCUT2D eigenvalue weighted by molar-refractivity contribution is 6.03. The minimum atomic E-state index is -0.547. The fourth-order valence-corrected chi connectivity index (χ4v) is 3.80. The third-order valence-electron chi connectivity index (χ3n) is 5.51. The van der Waals surface area contributed by atoms with E-state index in [2.05, 4.69) is 36.5 Å². The van der Waals surface area contributed by atoms with Crippen LogP contribution in [0, 0.1) is 6.92 Å². The van der Waals surface area contributed by atoms with Crippen LogP contribution >= 0.6 is 12.4 Å². The van der Waals surface area contributed by atoms with Crippen LogP contribution in [0.5, 0.6) is 5.75 Å². The Morgan fingerprint density at radius 3 is 2.32 bits per heavy atom. The number of nitrogens with zero attached hydrogens (tertiary/aromatic N) is 1. The summed E-state index contributed by atoms with van der Waals surface area (Å²) < 4.78 is 11.6. The molecule has 1 unspecified atom stereocenters. The molecule has 1 N–H and O–H groups in total. The second kappa shape index (κ2) is 11.5. The highest BCUT2D eigenvalue weighted by Gasteiger charge is 2.32. The number of nitrogens with one attached hydrogen (secondary N) is 1. The third kappa shape index (κ3) is 5.67. The lowest BCUT2D eigenvalue weighted by Gasteiger charge is -2.27. The maximum atomic E-state index is 12.9. The summed E-state index contributed by atoms with van der Waals surface area (Å²) in [7, 11) is 0. The molecule has 3 aromatic rings. The summed E-state index contributed by atoms with van der Waals surface area (Å²) >= 11 is 0. The number of esters is 1. The van der Waals surface area contributed by atoms with Crippen LogP contribution in [0.25, 0.3) is 0 Å². The fraction of sp³-hybridized carbons (Fsp3) is 0.214. The van der Waals surface area contributed by atoms with Gasteiger partial charge in [-0.15, -0.1) is 12.4 Å². The second-order valence-electron chi connectivity index (χ2n) is 7.94. The van der Waals surface area contributed by atoms with Crippen molar-refractivity contribution in [1.82, 2.24) is 5.32 Å². The number of allylic oxidation sites excluding steroid dienone is 1. The number of hydrogen-bond acceptors (Lipinski definition) is 5. The maximum absolute atomic E-state index is 12.9. The molecule has 0 saturated carbocycles. The van der Waals surface area contributed by atoms with Crippen LogP contribution < -0.4 is 10.1 Å². The van der Waals surface area contributed by atoms with Crippen LogP contribution in [-0.2, 0) is 16.1 Å². The number of aliphatic imine (C=N–C) groups is 1. The molecule has 0 fully saturated rings. The number of benzene rings is 3. The molecular formula is C28H29ClN2O3. The molecule has 0 aromatic heterocycles. The van der Waals surface area contributed by atoms with Gasteiger partial charge < -0.3 is 14.8 Å². The van der Waals surface area contributed by atoms with Gasteiger partial charge in [-0.25, -0.2) is 4.79 Å². The Morgan fingerprint density at radius 2 is 1.62 bits per heavy atom. The average molecular weight is 477 g/mol. The molecule has 176 valence electrons. The lowest BCUT2D eigenvalue weighted by molar-refractivity contribution is -0.138. The predicted octanol–water partition coefficient (Wildman–Crippen LogP) is 5.92. The van der Waals surface area contributed by atoms with E-state index in [1.165, 1.54) is 5.56 Å². The monoisotopic (exact) mass is 476 g/mol. The molecule has 1 aliphatic heterocycles. The Hall–Kier alpha value is -3.57. The normalized spacial score (nSPS) is 15.0. The van der Waals surface area contributed by atoms with Gasteiger partial charge in [0.05, 0.1) is 12.2 Å². The summed E-state index contributed by atoms with van der Waals surface area (Å²) in [5.41, 5.74) is 5.26. The van der Waals surface area contributed by atoms with Gasteiger partial charge in [-0.1, -0.05) is 78.4 Å². The van der Waals surface area contributed by atoms with Crippen LogP contribution in [0.2, 0.25) is 0 Å². The highest BCUT2D eigenvalue weighted by Crippen LogP contribution is 2.37. The van der Waals surface area contributed by atoms with Crippen LogP contribution in [0.15, 0.2) is 95.1 Å². The average Bonchev–Trinajstić information content (AvgIpc) is 2.84. The van der Waals surface area contributed by atoms with Gasteiger partial charge in [0.1, 0.15) is 24.2 Å². The Bertz CT molecular complexity index is 1190. The Balaban J connectivity index is 0.00000324. The van der Waals surface area contributed by atoms with Gasteiger partial charge in [-0.2, -0.15) is 0 Å². The third-order valence-corrected chi connectivity index (χ3v) is 5.51. The van der Waals surface area contributed by atoms with Crippen molar-refractivity contribution in [1.29, 1.82) is 0 Å². The number of aryl methyl sites for hydroxylation is 1. The van der Waals surface area contributed by atoms with E-state index < -0.39 is 6.04 Å². The van der Waals surface area contributed by atoms with Crippen molar-refractivity contribution in [3.8, 4) is 5.75 Å². The van der Waals surface area contributed by atoms with Gasteiger partial charge >= 0.3 is 5.97 Å². The summed E-state index contributed by atoms with van der Waals surface area (Å²) in [5.74, 6) is 1.02. The number of carbonyl (C=O) groups excluding carboxylic acids is 1. The molecule has 5 nitrogen and oxygen atoms in total. The molecule has 0 radical (unpaired) electrons. The second-order valence-corrected chi connectivity index (χ2v) is 7.94. The van der Waals surface area contributed by atoms with Crippen molar-refractivity contribution in [2.45, 2.75) is 33.4 Å². The quantitative estimate of drug-likeness (QED) is 0.430. The van der Waals surface area contributed by atoms with Gasteiger partial charge in [-0.3, -0.25) is 4.99 Å². The van der Waals surface area contributed by atoms with Crippen molar-refractivity contribution >= 4 is 24.2 Å². The largest absolute Gasteiger partial charge is 0.489 e. The Kier molecular flexibility index (Phi) is 8.50. The molecule has 3 aromatic carbocycles. The van der Waals surface area contributed by atoms with E-state index in [0.29, 0.717) is 30.4 Å². The number of carbonyl (C=O) groups is 1. The molecule has 6 heteroatoms. The molecule has 0 bridgehead atoms. The highest BCUT2D eigenvalue weighted by atomic mass is 35.5. The van der Waals surface area contributed by atoms with Gasteiger partial charge in [0.25, 0.3) is 0 Å². The molecular weight excluding hydrogens is 448 g/mol. The topological polar surface area (TPSA) is 59.9 Å². The summed E-state index contributed by atoms with van der Waals surface area (Å²) in [4.78, 5) is 17.9. The number of halogens is 1. The molecule has 0 aliphatic carbocycles. The van der Waals surface area contributed by atoms with E-state index in [-0.39, 0.29) is 18.4 Å². The van der Waals surface area contributed by atoms with Crippen LogP contribution in [-0.4, -0.2) is 18.4 Å². The van der Waals surface area contributed by atoms with Crippen LogP contribution in [0.4, 0.5) is 0 Å². The zero-order valence-electron chi connectivity index (χ0n) is 19.6. The van der Waals surface area contributed by atoms with E-state index in [1.807, 2.05) is 61.5 Å². The first-order valence-corrected chi connectivity index (χ1v) is 11.1. The number of hydrogen-bond donors (Lipinski definition) is 1. The van der Waals surface area contributed by atoms with Gasteiger partial charge in [0.15, 0.2) is 0 Å². The lowest BCUT2D eigenvalue weighted by atomic mass is 9.94. The molecule has 4 rings (SSSR count). The molecule has 0 saturated heterocycles. The van der Waals surface area contributed by atoms with Gasteiger partial charge in [-0.05, 0) is 32.4 Å². The van der Waals surface area contributed by atoms with E-state index in [4.69, 9.17) is 14.5 Å². The fourth-order valence-electron chi connectivity index (χ4n) is 3.80. The minimum absolute atomic E-state index is 0. The molecule has 1 aliphatic rings. The maximum Gasteiger partial charge on any atom is 0.338 e. The van der Waals surface area contributed by atoms with Crippen molar-refractivity contribution in [2.75, 3.05) is 6.61 Å². The van der Waals surface area contributed by atoms with E-state index in [0.717, 1.165) is 22.4 Å². The molecule has 34 heavy (non-hydrogen) atoms. The van der Waals surface area contributed by atoms with Crippen molar-refractivity contribution in [2.24, 2.45) is 4.99 Å². The minimum Gasteiger partial charge on any atom is -0.489 e. The summed E-state index contributed by atoms with van der Waals surface area (Å²) in [6.07, 6.45) is 0. The lowest BCUT2D eigenvalue weighted by Crippen LogP contribution is -2.33. The predicted molar refractivity (Wildman–Crippen MR) is 137 cm³/mol. The summed E-state index contributed by atoms with van der Waals surface area (Å²) in [5, 5.41) is 3.29. The van der Waals surface area contributed by atoms with Gasteiger partial charge in [0, 0.05) is 16.8 Å². The number of rotatable bonds is 7. The first kappa shape index (κ1) is 25.1. The van der Waals surface area contributed by atoms with Crippen LogP contribution in [0.1, 0.15) is 42.1 Å². The standard InChI is InChI=1S/C28H28N2O3.ClH/c1-4-32-28(31)25-20(3)29-27(22-10-6-5-7-11-22)30-26(25)23-12-8-9-13-24(23)33-18-21-16-14-19(2)15-17-21;/h5-17,26H,4,18H2,1-3H3,(H,29,30);1H. The molecule has 0 spiro atoms. The molecule has 1 heterocycles. The summed E-state index contributed by atoms with van der Waals surface area (Å²) in [6.45, 7) is 6.46. The first-order chi connectivity index (χ1) is 16.1. The van der Waals surface area contributed by atoms with Crippen molar-refractivity contribution < 1.29 is 14.3 Å². The van der Waals surface area contributed by atoms with E-state index >= 15 is 0 Å². The smallest absolute Gasteiger partial charge is 0.338 e. The Morgan fingerprint density at radius 1 is 0.941 bits per heavy atom. The zero-order valence-corrected chi connectivity index (χ0v) is 20.4. The molecule has 0 amide bonds. The van der Waals surface area contributed by atoms with Crippen molar-refractivity contribution in [3.05, 3.63) is 112 Å². The number of para-hydroxylation sites is 1. The van der Waals surface area contributed by atoms with Crippen molar-refractivity contribution in [3.63, 3.8) is 0 Å². The van der Waals surface area contributed by atoms with E-state index in [9.17, 15) is 4.79 Å². The van der Waals surface area contributed by atoms with E-state index in [1.54, 1.807) is 6.92 Å².